The summed E-state index contributed by atoms with van der Waals surface area (Å²) >= 11 is 0. The van der Waals surface area contributed by atoms with Crippen molar-refractivity contribution in [1.29, 1.82) is 0 Å². The molecule has 1 aliphatic heterocycles. The van der Waals surface area contributed by atoms with Crippen LogP contribution in [0.5, 0.6) is 5.75 Å². The van der Waals surface area contributed by atoms with E-state index >= 15 is 0 Å². The number of benzene rings is 1. The average Bonchev–Trinajstić information content (AvgIpc) is 3.20. The van der Waals surface area contributed by atoms with Crippen molar-refractivity contribution in [1.82, 2.24) is 9.88 Å². The highest BCUT2D eigenvalue weighted by Crippen LogP contribution is 2.40. The van der Waals surface area contributed by atoms with Gasteiger partial charge in [-0.05, 0) is 80.6 Å². The summed E-state index contributed by atoms with van der Waals surface area (Å²) in [5.74, 6) is 3.00. The number of hydrogen-bond acceptors (Lipinski definition) is 3. The molecule has 3 aliphatic rings. The highest BCUT2D eigenvalue weighted by Gasteiger charge is 2.30. The molecule has 144 valence electrons. The summed E-state index contributed by atoms with van der Waals surface area (Å²) < 4.78 is 6.36. The summed E-state index contributed by atoms with van der Waals surface area (Å²) in [5.41, 5.74) is 1.18. The molecular weight excluding hydrogens is 332 g/mol. The number of likely N-dealkylation sites (tertiary alicyclic amines) is 1. The van der Waals surface area contributed by atoms with Gasteiger partial charge in [-0.3, -0.25) is 9.88 Å². The van der Waals surface area contributed by atoms with Gasteiger partial charge in [0.25, 0.3) is 0 Å². The van der Waals surface area contributed by atoms with E-state index in [9.17, 15) is 0 Å². The molecule has 2 saturated carbocycles. The van der Waals surface area contributed by atoms with Gasteiger partial charge in [0.2, 0.25) is 0 Å². The Hall–Kier alpha value is -1.61. The Morgan fingerprint density at radius 1 is 0.852 bits per heavy atom. The van der Waals surface area contributed by atoms with Gasteiger partial charge in [-0.25, -0.2) is 0 Å². The van der Waals surface area contributed by atoms with Crippen LogP contribution < -0.4 is 4.74 Å². The molecule has 0 radical (unpaired) electrons. The zero-order valence-corrected chi connectivity index (χ0v) is 16.4. The van der Waals surface area contributed by atoms with Crippen LogP contribution in [0.2, 0.25) is 0 Å². The zero-order chi connectivity index (χ0) is 18.1. The lowest BCUT2D eigenvalue weighted by molar-refractivity contribution is 0.111. The van der Waals surface area contributed by atoms with E-state index in [1.807, 2.05) is 6.20 Å². The Morgan fingerprint density at radius 3 is 2.37 bits per heavy atom. The van der Waals surface area contributed by atoms with Crippen LogP contribution in [0.15, 0.2) is 30.5 Å². The molecule has 3 fully saturated rings. The largest absolute Gasteiger partial charge is 0.490 e. The van der Waals surface area contributed by atoms with Gasteiger partial charge >= 0.3 is 0 Å². The smallest absolute Gasteiger partial charge is 0.120 e. The molecule has 1 saturated heterocycles. The van der Waals surface area contributed by atoms with Gasteiger partial charge in [-0.2, -0.15) is 0 Å². The zero-order valence-electron chi connectivity index (χ0n) is 16.4. The molecule has 2 heterocycles. The van der Waals surface area contributed by atoms with Crippen LogP contribution in [-0.2, 0) is 6.54 Å². The van der Waals surface area contributed by atoms with Gasteiger partial charge in [0, 0.05) is 18.1 Å². The van der Waals surface area contributed by atoms with E-state index in [0.717, 1.165) is 24.1 Å². The predicted molar refractivity (Wildman–Crippen MR) is 110 cm³/mol. The Balaban J connectivity index is 1.19. The summed E-state index contributed by atoms with van der Waals surface area (Å²) in [6, 6.07) is 8.78. The van der Waals surface area contributed by atoms with Crippen molar-refractivity contribution in [2.24, 2.45) is 11.8 Å². The highest BCUT2D eigenvalue weighted by molar-refractivity contribution is 5.83. The van der Waals surface area contributed by atoms with Crippen LogP contribution in [0.4, 0.5) is 0 Å². The maximum absolute atomic E-state index is 6.36. The molecule has 3 heteroatoms. The van der Waals surface area contributed by atoms with Gasteiger partial charge in [0.15, 0.2) is 0 Å². The van der Waals surface area contributed by atoms with Crippen molar-refractivity contribution in [3.05, 3.63) is 36.2 Å². The van der Waals surface area contributed by atoms with Crippen LogP contribution in [0.25, 0.3) is 10.8 Å². The topological polar surface area (TPSA) is 25.4 Å². The first-order valence-corrected chi connectivity index (χ1v) is 11.1. The Kier molecular flexibility index (Phi) is 5.04. The van der Waals surface area contributed by atoms with Gasteiger partial charge in [0.1, 0.15) is 5.75 Å². The Labute approximate surface area is 163 Å². The molecular formula is C24H32N2O. The van der Waals surface area contributed by atoms with E-state index in [2.05, 4.69) is 34.1 Å². The molecule has 5 rings (SSSR count). The average molecular weight is 365 g/mol. The van der Waals surface area contributed by atoms with Crippen molar-refractivity contribution in [3.63, 3.8) is 0 Å². The first-order valence-electron chi connectivity index (χ1n) is 11.1. The van der Waals surface area contributed by atoms with Crippen molar-refractivity contribution in [3.8, 4) is 5.75 Å². The molecule has 0 atom stereocenters. The van der Waals surface area contributed by atoms with E-state index in [1.165, 1.54) is 87.3 Å². The van der Waals surface area contributed by atoms with Crippen molar-refractivity contribution >= 4 is 10.8 Å². The number of ether oxygens (including phenoxy) is 1. The van der Waals surface area contributed by atoms with E-state index in [1.54, 1.807) is 0 Å². The molecule has 1 aromatic heterocycles. The summed E-state index contributed by atoms with van der Waals surface area (Å²) in [6.45, 7) is 3.42. The summed E-state index contributed by atoms with van der Waals surface area (Å²) in [4.78, 5) is 7.13. The number of aromatic nitrogens is 1. The molecule has 1 aromatic carbocycles. The maximum Gasteiger partial charge on any atom is 0.120 e. The third kappa shape index (κ3) is 3.99. The monoisotopic (exact) mass is 364 g/mol. The normalized spacial score (nSPS) is 27.0. The lowest BCUT2D eigenvalue weighted by Gasteiger charge is -2.32. The Morgan fingerprint density at radius 2 is 1.63 bits per heavy atom. The van der Waals surface area contributed by atoms with Gasteiger partial charge < -0.3 is 4.74 Å². The molecule has 2 aliphatic carbocycles. The minimum absolute atomic E-state index is 0.402. The summed E-state index contributed by atoms with van der Waals surface area (Å²) in [6.07, 6.45) is 14.8. The lowest BCUT2D eigenvalue weighted by atomic mass is 9.78. The number of rotatable bonds is 5. The molecule has 0 bridgehead atoms. The SMILES string of the molecule is c1cc2cc(CN3CCC3)ncc2cc1OC1CCC(C2CCCC2)CC1. The fourth-order valence-corrected chi connectivity index (χ4v) is 5.39. The van der Waals surface area contributed by atoms with Gasteiger partial charge in [-0.1, -0.05) is 31.7 Å². The van der Waals surface area contributed by atoms with Gasteiger partial charge in [0.05, 0.1) is 11.8 Å². The van der Waals surface area contributed by atoms with Crippen molar-refractivity contribution in [2.45, 2.75) is 70.4 Å². The van der Waals surface area contributed by atoms with Crippen molar-refractivity contribution < 1.29 is 4.74 Å². The van der Waals surface area contributed by atoms with E-state index in [4.69, 9.17) is 4.74 Å². The summed E-state index contributed by atoms with van der Waals surface area (Å²) in [5, 5.41) is 2.47. The molecule has 0 spiro atoms. The molecule has 3 nitrogen and oxygen atoms in total. The quantitative estimate of drug-likeness (QED) is 0.694. The first-order chi connectivity index (χ1) is 13.3. The number of fused-ring (bicyclic) bond motifs is 1. The molecule has 2 aromatic rings. The highest BCUT2D eigenvalue weighted by atomic mass is 16.5. The van der Waals surface area contributed by atoms with E-state index in [-0.39, 0.29) is 0 Å². The van der Waals surface area contributed by atoms with Gasteiger partial charge in [-0.15, -0.1) is 0 Å². The van der Waals surface area contributed by atoms with Crippen LogP contribution in [0.1, 0.15) is 63.5 Å². The van der Waals surface area contributed by atoms with Crippen LogP contribution in [0.3, 0.4) is 0 Å². The number of pyridine rings is 1. The standard InChI is InChI=1S/C24H32N2O/c1-2-5-18(4-1)19-6-9-23(10-7-19)27-24-11-8-20-14-22(17-26-12-3-13-26)25-16-21(20)15-24/h8,11,14-16,18-19,23H,1-7,9-10,12-13,17H2. The second-order valence-electron chi connectivity index (χ2n) is 9.01. The molecule has 27 heavy (non-hydrogen) atoms. The number of nitrogens with zero attached hydrogens (tertiary/aromatic N) is 2. The maximum atomic E-state index is 6.36. The van der Waals surface area contributed by atoms with E-state index in [0.29, 0.717) is 6.10 Å². The second kappa shape index (κ2) is 7.79. The van der Waals surface area contributed by atoms with Crippen LogP contribution in [0, 0.1) is 11.8 Å². The van der Waals surface area contributed by atoms with Crippen LogP contribution in [-0.4, -0.2) is 29.1 Å². The Bertz CT molecular complexity index is 771. The lowest BCUT2D eigenvalue weighted by Crippen LogP contribution is -2.36. The fraction of sp³-hybridized carbons (Fsp3) is 0.625. The van der Waals surface area contributed by atoms with Crippen molar-refractivity contribution in [2.75, 3.05) is 13.1 Å². The summed E-state index contributed by atoms with van der Waals surface area (Å²) in [7, 11) is 0. The molecule has 0 unspecified atom stereocenters. The number of hydrogen-bond donors (Lipinski definition) is 0. The second-order valence-corrected chi connectivity index (χ2v) is 9.01. The van der Waals surface area contributed by atoms with Crippen LogP contribution >= 0.6 is 0 Å². The molecule has 0 amide bonds. The first kappa shape index (κ1) is 17.5. The minimum Gasteiger partial charge on any atom is -0.490 e. The molecule has 0 N–H and O–H groups in total. The van der Waals surface area contributed by atoms with E-state index < -0.39 is 0 Å². The fourth-order valence-electron chi connectivity index (χ4n) is 5.39. The third-order valence-corrected chi connectivity index (χ3v) is 7.17. The minimum atomic E-state index is 0.402. The third-order valence-electron chi connectivity index (χ3n) is 7.17. The predicted octanol–water partition coefficient (Wildman–Crippen LogP) is 5.57.